The van der Waals surface area contributed by atoms with Gasteiger partial charge in [-0.2, -0.15) is 0 Å². The third-order valence-corrected chi connectivity index (χ3v) is 3.77. The summed E-state index contributed by atoms with van der Waals surface area (Å²) in [6.45, 7) is 0.961. The van der Waals surface area contributed by atoms with E-state index in [0.717, 1.165) is 0 Å². The molecule has 1 atom stereocenters. The molecule has 1 aliphatic rings. The minimum Gasteiger partial charge on any atom is -0.486 e. The maximum atomic E-state index is 12.3. The SMILES string of the molecule is O=C(NCC(O)c1ccc(Cl)cc1)c1cccc2c1OCCO2. The van der Waals surface area contributed by atoms with Gasteiger partial charge in [-0.1, -0.05) is 29.8 Å². The number of aliphatic hydroxyl groups excluding tert-OH is 1. The molecule has 0 saturated heterocycles. The standard InChI is InChI=1S/C17H16ClNO4/c18-12-6-4-11(5-7-12)14(20)10-19-17(21)13-2-1-3-15-16(13)23-9-8-22-15/h1-7,14,20H,8-10H2,(H,19,21). The first-order chi connectivity index (χ1) is 11.1. The number of amides is 1. The number of nitrogens with one attached hydrogen (secondary N) is 1. The second kappa shape index (κ2) is 6.89. The Hall–Kier alpha value is -2.24. The van der Waals surface area contributed by atoms with Gasteiger partial charge in [-0.25, -0.2) is 0 Å². The van der Waals surface area contributed by atoms with Crippen LogP contribution in [0.5, 0.6) is 11.5 Å². The number of hydrogen-bond acceptors (Lipinski definition) is 4. The fourth-order valence-corrected chi connectivity index (χ4v) is 2.47. The average Bonchev–Trinajstić information content (AvgIpc) is 2.59. The Kier molecular flexibility index (Phi) is 4.69. The highest BCUT2D eigenvalue weighted by Crippen LogP contribution is 2.33. The molecule has 2 aromatic carbocycles. The lowest BCUT2D eigenvalue weighted by molar-refractivity contribution is 0.0905. The molecule has 1 amide bonds. The van der Waals surface area contributed by atoms with Gasteiger partial charge in [0, 0.05) is 11.6 Å². The van der Waals surface area contributed by atoms with Crippen molar-refractivity contribution in [2.24, 2.45) is 0 Å². The average molecular weight is 334 g/mol. The van der Waals surface area contributed by atoms with Crippen molar-refractivity contribution in [1.82, 2.24) is 5.32 Å². The smallest absolute Gasteiger partial charge is 0.255 e. The molecular weight excluding hydrogens is 318 g/mol. The largest absolute Gasteiger partial charge is 0.486 e. The van der Waals surface area contributed by atoms with Gasteiger partial charge < -0.3 is 19.9 Å². The summed E-state index contributed by atoms with van der Waals surface area (Å²) < 4.78 is 11.0. The van der Waals surface area contributed by atoms with Crippen LogP contribution < -0.4 is 14.8 Å². The van der Waals surface area contributed by atoms with E-state index < -0.39 is 6.10 Å². The van der Waals surface area contributed by atoms with Crippen LogP contribution in [0.3, 0.4) is 0 Å². The molecule has 0 radical (unpaired) electrons. The molecule has 5 nitrogen and oxygen atoms in total. The molecule has 0 bridgehead atoms. The first kappa shape index (κ1) is 15.6. The molecular formula is C17H16ClNO4. The molecule has 2 N–H and O–H groups in total. The van der Waals surface area contributed by atoms with Gasteiger partial charge in [0.15, 0.2) is 11.5 Å². The number of para-hydroxylation sites is 1. The number of rotatable bonds is 4. The van der Waals surface area contributed by atoms with Crippen LogP contribution in [0.15, 0.2) is 42.5 Å². The Balaban J connectivity index is 1.67. The van der Waals surface area contributed by atoms with E-state index in [0.29, 0.717) is 40.9 Å². The van der Waals surface area contributed by atoms with Crippen molar-refractivity contribution in [3.05, 3.63) is 58.6 Å². The highest BCUT2D eigenvalue weighted by Gasteiger charge is 2.20. The van der Waals surface area contributed by atoms with E-state index in [1.54, 1.807) is 42.5 Å². The molecule has 0 saturated carbocycles. The Morgan fingerprint density at radius 1 is 1.17 bits per heavy atom. The normalized spacial score (nSPS) is 14.2. The highest BCUT2D eigenvalue weighted by atomic mass is 35.5. The summed E-state index contributed by atoms with van der Waals surface area (Å²) in [6, 6.07) is 12.0. The van der Waals surface area contributed by atoms with Crippen molar-refractivity contribution >= 4 is 17.5 Å². The van der Waals surface area contributed by atoms with Gasteiger partial charge in [-0.3, -0.25) is 4.79 Å². The van der Waals surface area contributed by atoms with Gasteiger partial charge in [-0.05, 0) is 29.8 Å². The van der Waals surface area contributed by atoms with Gasteiger partial charge in [-0.15, -0.1) is 0 Å². The third kappa shape index (κ3) is 3.57. The molecule has 1 unspecified atom stereocenters. The van der Waals surface area contributed by atoms with E-state index in [1.165, 1.54) is 0 Å². The van der Waals surface area contributed by atoms with Gasteiger partial charge in [0.05, 0.1) is 11.7 Å². The van der Waals surface area contributed by atoms with Gasteiger partial charge in [0.1, 0.15) is 13.2 Å². The molecule has 1 aliphatic heterocycles. The summed E-state index contributed by atoms with van der Waals surface area (Å²) in [5.74, 6) is 0.680. The van der Waals surface area contributed by atoms with Crippen LogP contribution in [0.4, 0.5) is 0 Å². The Labute approximate surface area is 138 Å². The second-order valence-corrected chi connectivity index (χ2v) is 5.54. The number of fused-ring (bicyclic) bond motifs is 1. The summed E-state index contributed by atoms with van der Waals surface area (Å²) in [6.07, 6.45) is -0.812. The molecule has 1 heterocycles. The van der Waals surface area contributed by atoms with E-state index in [9.17, 15) is 9.90 Å². The fourth-order valence-electron chi connectivity index (χ4n) is 2.34. The topological polar surface area (TPSA) is 67.8 Å². The quantitative estimate of drug-likeness (QED) is 0.902. The summed E-state index contributed by atoms with van der Waals surface area (Å²) in [7, 11) is 0. The molecule has 120 valence electrons. The molecule has 0 fully saturated rings. The number of carbonyl (C=O) groups excluding carboxylic acids is 1. The maximum absolute atomic E-state index is 12.3. The van der Waals surface area contributed by atoms with Crippen molar-refractivity contribution in [3.63, 3.8) is 0 Å². The van der Waals surface area contributed by atoms with E-state index in [-0.39, 0.29) is 12.5 Å². The Morgan fingerprint density at radius 3 is 2.70 bits per heavy atom. The van der Waals surface area contributed by atoms with E-state index in [1.807, 2.05) is 0 Å². The molecule has 0 aromatic heterocycles. The van der Waals surface area contributed by atoms with Crippen molar-refractivity contribution < 1.29 is 19.4 Å². The molecule has 3 rings (SSSR count). The van der Waals surface area contributed by atoms with Crippen molar-refractivity contribution in [2.45, 2.75) is 6.10 Å². The number of hydrogen-bond donors (Lipinski definition) is 2. The molecule has 23 heavy (non-hydrogen) atoms. The Morgan fingerprint density at radius 2 is 1.91 bits per heavy atom. The number of carbonyl (C=O) groups is 1. The van der Waals surface area contributed by atoms with Crippen LogP contribution >= 0.6 is 11.6 Å². The highest BCUT2D eigenvalue weighted by molar-refractivity contribution is 6.30. The van der Waals surface area contributed by atoms with E-state index in [2.05, 4.69) is 5.32 Å². The first-order valence-corrected chi connectivity index (χ1v) is 7.63. The van der Waals surface area contributed by atoms with Crippen molar-refractivity contribution in [3.8, 4) is 11.5 Å². The molecule has 6 heteroatoms. The van der Waals surface area contributed by atoms with Crippen LogP contribution in [0, 0.1) is 0 Å². The van der Waals surface area contributed by atoms with Crippen LogP contribution in [0.1, 0.15) is 22.0 Å². The number of benzene rings is 2. The molecule has 0 spiro atoms. The number of halogens is 1. The maximum Gasteiger partial charge on any atom is 0.255 e. The lowest BCUT2D eigenvalue weighted by Gasteiger charge is -2.21. The third-order valence-electron chi connectivity index (χ3n) is 3.52. The molecule has 0 aliphatic carbocycles. The first-order valence-electron chi connectivity index (χ1n) is 7.25. The van der Waals surface area contributed by atoms with Crippen LogP contribution in [-0.4, -0.2) is 30.8 Å². The predicted octanol–water partition coefficient (Wildman–Crippen LogP) is 2.57. The lowest BCUT2D eigenvalue weighted by Crippen LogP contribution is -2.29. The second-order valence-electron chi connectivity index (χ2n) is 5.11. The zero-order valence-corrected chi connectivity index (χ0v) is 13.0. The summed E-state index contributed by atoms with van der Waals surface area (Å²) in [5, 5.41) is 13.4. The predicted molar refractivity (Wildman–Crippen MR) is 86.2 cm³/mol. The zero-order valence-electron chi connectivity index (χ0n) is 12.3. The van der Waals surface area contributed by atoms with Crippen molar-refractivity contribution in [2.75, 3.05) is 19.8 Å². The monoisotopic (exact) mass is 333 g/mol. The summed E-state index contributed by atoms with van der Waals surface area (Å²) >= 11 is 5.81. The fraction of sp³-hybridized carbons (Fsp3) is 0.235. The van der Waals surface area contributed by atoms with Crippen LogP contribution in [-0.2, 0) is 0 Å². The van der Waals surface area contributed by atoms with Crippen LogP contribution in [0.2, 0.25) is 5.02 Å². The van der Waals surface area contributed by atoms with E-state index in [4.69, 9.17) is 21.1 Å². The van der Waals surface area contributed by atoms with E-state index >= 15 is 0 Å². The van der Waals surface area contributed by atoms with Gasteiger partial charge in [0.2, 0.25) is 0 Å². The summed E-state index contributed by atoms with van der Waals surface area (Å²) in [4.78, 5) is 12.3. The van der Waals surface area contributed by atoms with Gasteiger partial charge >= 0.3 is 0 Å². The number of aliphatic hydroxyl groups is 1. The zero-order chi connectivity index (χ0) is 16.2. The minimum absolute atomic E-state index is 0.0883. The lowest BCUT2D eigenvalue weighted by atomic mass is 10.1. The number of ether oxygens (including phenoxy) is 2. The molecule has 2 aromatic rings. The van der Waals surface area contributed by atoms with Crippen LogP contribution in [0.25, 0.3) is 0 Å². The van der Waals surface area contributed by atoms with Crippen molar-refractivity contribution in [1.29, 1.82) is 0 Å². The van der Waals surface area contributed by atoms with Gasteiger partial charge in [0.25, 0.3) is 5.91 Å². The summed E-state index contributed by atoms with van der Waals surface area (Å²) in [5.41, 5.74) is 1.08. The Bertz CT molecular complexity index is 702. The minimum atomic E-state index is -0.812.